The lowest BCUT2D eigenvalue weighted by Gasteiger charge is -2.08. The first-order valence-electron chi connectivity index (χ1n) is 6.46. The zero-order valence-electron chi connectivity index (χ0n) is 11.6. The number of nitro groups is 1. The van der Waals surface area contributed by atoms with Gasteiger partial charge in [-0.2, -0.15) is 0 Å². The van der Waals surface area contributed by atoms with Crippen LogP contribution in [0.5, 0.6) is 0 Å². The summed E-state index contributed by atoms with van der Waals surface area (Å²) >= 11 is 0. The molecule has 0 aliphatic heterocycles. The maximum Gasteiger partial charge on any atom is 0.292 e. The van der Waals surface area contributed by atoms with Crippen molar-refractivity contribution in [3.8, 4) is 0 Å². The predicted molar refractivity (Wildman–Crippen MR) is 79.3 cm³/mol. The third-order valence-electron chi connectivity index (χ3n) is 3.00. The standard InChI is InChI=1S/C14H16N4O3/c1-17-10-4-7-13(17)14(19)16-9-8-15-11-5-2-3-6-12(11)18(20)21/h2-7,10,15H,8-9H2,1H3,(H,16,19). The fourth-order valence-electron chi connectivity index (χ4n) is 1.94. The number of nitrogens with one attached hydrogen (secondary N) is 2. The second-order valence-corrected chi connectivity index (χ2v) is 4.46. The summed E-state index contributed by atoms with van der Waals surface area (Å²) in [5.74, 6) is -0.174. The molecule has 1 amide bonds. The molecular formula is C14H16N4O3. The average molecular weight is 288 g/mol. The van der Waals surface area contributed by atoms with Crippen LogP contribution in [0.1, 0.15) is 10.5 Å². The van der Waals surface area contributed by atoms with Gasteiger partial charge in [-0.25, -0.2) is 0 Å². The molecule has 0 atom stereocenters. The van der Waals surface area contributed by atoms with Crippen molar-refractivity contribution in [1.82, 2.24) is 9.88 Å². The molecular weight excluding hydrogens is 272 g/mol. The van der Waals surface area contributed by atoms with E-state index in [0.29, 0.717) is 24.5 Å². The van der Waals surface area contributed by atoms with Crippen LogP contribution in [-0.4, -0.2) is 28.5 Å². The molecule has 2 N–H and O–H groups in total. The van der Waals surface area contributed by atoms with Gasteiger partial charge in [-0.1, -0.05) is 12.1 Å². The summed E-state index contributed by atoms with van der Waals surface area (Å²) in [5, 5.41) is 16.5. The summed E-state index contributed by atoms with van der Waals surface area (Å²) in [6.07, 6.45) is 1.79. The first-order chi connectivity index (χ1) is 10.1. The molecule has 1 aromatic heterocycles. The lowest BCUT2D eigenvalue weighted by molar-refractivity contribution is -0.384. The number of anilines is 1. The number of aryl methyl sites for hydroxylation is 1. The molecule has 2 aromatic rings. The molecule has 0 radical (unpaired) electrons. The van der Waals surface area contributed by atoms with Gasteiger partial charge in [0.1, 0.15) is 11.4 Å². The van der Waals surface area contributed by atoms with Gasteiger partial charge < -0.3 is 15.2 Å². The minimum Gasteiger partial charge on any atom is -0.378 e. The van der Waals surface area contributed by atoms with Crippen LogP contribution in [0, 0.1) is 10.1 Å². The van der Waals surface area contributed by atoms with Gasteiger partial charge in [0.25, 0.3) is 11.6 Å². The van der Waals surface area contributed by atoms with Gasteiger partial charge in [0.05, 0.1) is 4.92 Å². The fraction of sp³-hybridized carbons (Fsp3) is 0.214. The molecule has 21 heavy (non-hydrogen) atoms. The van der Waals surface area contributed by atoms with Crippen LogP contribution in [0.4, 0.5) is 11.4 Å². The molecule has 110 valence electrons. The summed E-state index contributed by atoms with van der Waals surface area (Å²) in [4.78, 5) is 22.3. The van der Waals surface area contributed by atoms with E-state index in [1.165, 1.54) is 6.07 Å². The summed E-state index contributed by atoms with van der Waals surface area (Å²) in [6.45, 7) is 0.775. The lowest BCUT2D eigenvalue weighted by atomic mass is 10.2. The minimum atomic E-state index is -0.440. The quantitative estimate of drug-likeness (QED) is 0.481. The molecule has 0 fully saturated rings. The highest BCUT2D eigenvalue weighted by molar-refractivity contribution is 5.92. The Labute approximate surface area is 121 Å². The zero-order valence-corrected chi connectivity index (χ0v) is 11.6. The molecule has 2 rings (SSSR count). The number of carbonyl (C=O) groups is 1. The fourth-order valence-corrected chi connectivity index (χ4v) is 1.94. The molecule has 1 aromatic carbocycles. The van der Waals surface area contributed by atoms with Crippen molar-refractivity contribution in [2.24, 2.45) is 7.05 Å². The van der Waals surface area contributed by atoms with E-state index < -0.39 is 4.92 Å². The SMILES string of the molecule is Cn1cccc1C(=O)NCCNc1ccccc1[N+](=O)[O-]. The minimum absolute atomic E-state index is 0.0197. The molecule has 1 heterocycles. The van der Waals surface area contributed by atoms with E-state index in [4.69, 9.17) is 0 Å². The van der Waals surface area contributed by atoms with Gasteiger partial charge >= 0.3 is 0 Å². The van der Waals surface area contributed by atoms with Crippen molar-refractivity contribution in [3.05, 3.63) is 58.4 Å². The number of nitro benzene ring substituents is 1. The third-order valence-corrected chi connectivity index (χ3v) is 3.00. The number of hydrogen-bond acceptors (Lipinski definition) is 4. The van der Waals surface area contributed by atoms with Crippen LogP contribution in [0.3, 0.4) is 0 Å². The van der Waals surface area contributed by atoms with Crippen molar-refractivity contribution in [2.75, 3.05) is 18.4 Å². The van der Waals surface area contributed by atoms with E-state index in [9.17, 15) is 14.9 Å². The Hall–Kier alpha value is -2.83. The van der Waals surface area contributed by atoms with E-state index in [1.807, 2.05) is 0 Å². The average Bonchev–Trinajstić information content (AvgIpc) is 2.90. The van der Waals surface area contributed by atoms with E-state index >= 15 is 0 Å². The summed E-state index contributed by atoms with van der Waals surface area (Å²) < 4.78 is 1.73. The number of nitrogens with zero attached hydrogens (tertiary/aromatic N) is 2. The van der Waals surface area contributed by atoms with Crippen LogP contribution in [0.15, 0.2) is 42.6 Å². The molecule has 0 aliphatic rings. The van der Waals surface area contributed by atoms with Crippen molar-refractivity contribution in [1.29, 1.82) is 0 Å². The van der Waals surface area contributed by atoms with Gasteiger partial charge in [-0.3, -0.25) is 14.9 Å². The van der Waals surface area contributed by atoms with Crippen molar-refractivity contribution in [2.45, 2.75) is 0 Å². The van der Waals surface area contributed by atoms with Crippen molar-refractivity contribution in [3.63, 3.8) is 0 Å². The largest absolute Gasteiger partial charge is 0.378 e. The predicted octanol–water partition coefficient (Wildman–Crippen LogP) is 1.78. The molecule has 7 nitrogen and oxygen atoms in total. The van der Waals surface area contributed by atoms with Gasteiger partial charge in [0.2, 0.25) is 0 Å². The van der Waals surface area contributed by atoms with Crippen LogP contribution < -0.4 is 10.6 Å². The Bertz CT molecular complexity index is 651. The van der Waals surface area contributed by atoms with Crippen molar-refractivity contribution >= 4 is 17.3 Å². The second-order valence-electron chi connectivity index (χ2n) is 4.46. The van der Waals surface area contributed by atoms with Crippen LogP contribution in [0.25, 0.3) is 0 Å². The summed E-state index contributed by atoms with van der Waals surface area (Å²) in [5.41, 5.74) is 1.03. The highest BCUT2D eigenvalue weighted by Crippen LogP contribution is 2.22. The molecule has 0 spiro atoms. The smallest absolute Gasteiger partial charge is 0.292 e. The number of amides is 1. The number of carbonyl (C=O) groups excluding carboxylic acids is 1. The van der Waals surface area contributed by atoms with E-state index in [2.05, 4.69) is 10.6 Å². The Balaban J connectivity index is 1.84. The number of benzene rings is 1. The molecule has 0 unspecified atom stereocenters. The highest BCUT2D eigenvalue weighted by atomic mass is 16.6. The Morgan fingerprint density at radius 3 is 2.67 bits per heavy atom. The highest BCUT2D eigenvalue weighted by Gasteiger charge is 2.12. The number of rotatable bonds is 6. The van der Waals surface area contributed by atoms with E-state index in [-0.39, 0.29) is 11.6 Å². The topological polar surface area (TPSA) is 89.2 Å². The number of hydrogen-bond donors (Lipinski definition) is 2. The van der Waals surface area contributed by atoms with Gasteiger partial charge in [-0.15, -0.1) is 0 Å². The Kier molecular flexibility index (Phi) is 4.55. The normalized spacial score (nSPS) is 10.1. The van der Waals surface area contributed by atoms with Gasteiger partial charge in [-0.05, 0) is 18.2 Å². The van der Waals surface area contributed by atoms with Gasteiger partial charge in [0, 0.05) is 32.4 Å². The Morgan fingerprint density at radius 2 is 2.00 bits per heavy atom. The molecule has 0 saturated heterocycles. The zero-order chi connectivity index (χ0) is 15.2. The number of para-hydroxylation sites is 2. The second kappa shape index (κ2) is 6.56. The summed E-state index contributed by atoms with van der Waals surface area (Å²) in [7, 11) is 1.79. The number of aromatic nitrogens is 1. The first-order valence-corrected chi connectivity index (χ1v) is 6.46. The van der Waals surface area contributed by atoms with Crippen LogP contribution in [0.2, 0.25) is 0 Å². The van der Waals surface area contributed by atoms with Crippen LogP contribution in [-0.2, 0) is 7.05 Å². The maximum atomic E-state index is 11.8. The first kappa shape index (κ1) is 14.6. The van der Waals surface area contributed by atoms with Crippen molar-refractivity contribution < 1.29 is 9.72 Å². The third kappa shape index (κ3) is 3.59. The monoisotopic (exact) mass is 288 g/mol. The lowest BCUT2D eigenvalue weighted by Crippen LogP contribution is -2.30. The van der Waals surface area contributed by atoms with E-state index in [0.717, 1.165) is 0 Å². The molecule has 7 heteroatoms. The molecule has 0 saturated carbocycles. The van der Waals surface area contributed by atoms with Crippen LogP contribution >= 0.6 is 0 Å². The summed E-state index contributed by atoms with van der Waals surface area (Å²) in [6, 6.07) is 9.92. The Morgan fingerprint density at radius 1 is 1.24 bits per heavy atom. The van der Waals surface area contributed by atoms with Gasteiger partial charge in [0.15, 0.2) is 0 Å². The van der Waals surface area contributed by atoms with E-state index in [1.54, 1.807) is 48.1 Å². The molecule has 0 bridgehead atoms. The molecule has 0 aliphatic carbocycles. The maximum absolute atomic E-state index is 11.8.